The van der Waals surface area contributed by atoms with Crippen LogP contribution in [0.3, 0.4) is 0 Å². The third-order valence-corrected chi connectivity index (χ3v) is 3.81. The van der Waals surface area contributed by atoms with E-state index >= 15 is 0 Å². The van der Waals surface area contributed by atoms with Gasteiger partial charge in [-0.3, -0.25) is 4.79 Å². The number of rotatable bonds is 6. The van der Waals surface area contributed by atoms with Crippen molar-refractivity contribution in [2.75, 3.05) is 0 Å². The molecular formula is C11H13N2O5S-. The van der Waals surface area contributed by atoms with E-state index in [0.717, 1.165) is 5.56 Å². The maximum absolute atomic E-state index is 11.9. The average Bonchev–Trinajstić information content (AvgIpc) is 2.27. The Kier molecular flexibility index (Phi) is 4.62. The van der Waals surface area contributed by atoms with E-state index in [1.54, 1.807) is 19.1 Å². The van der Waals surface area contributed by atoms with E-state index in [4.69, 9.17) is 5.73 Å². The minimum atomic E-state index is -4.05. The monoisotopic (exact) mass is 285 g/mol. The lowest BCUT2D eigenvalue weighted by molar-refractivity contribution is -0.308. The first kappa shape index (κ1) is 15.1. The fourth-order valence-electron chi connectivity index (χ4n) is 1.35. The van der Waals surface area contributed by atoms with Crippen molar-refractivity contribution in [1.29, 1.82) is 0 Å². The molecule has 104 valence electrons. The van der Waals surface area contributed by atoms with Crippen molar-refractivity contribution in [1.82, 2.24) is 4.72 Å². The fraction of sp³-hybridized carbons (Fsp3) is 0.273. The molecule has 7 nitrogen and oxygen atoms in total. The van der Waals surface area contributed by atoms with E-state index in [1.807, 2.05) is 4.72 Å². The van der Waals surface area contributed by atoms with Crippen LogP contribution in [0, 0.1) is 6.92 Å². The molecule has 0 aliphatic heterocycles. The van der Waals surface area contributed by atoms with Crippen LogP contribution in [0.25, 0.3) is 0 Å². The molecule has 1 atom stereocenters. The van der Waals surface area contributed by atoms with Crippen LogP contribution in [0.5, 0.6) is 0 Å². The van der Waals surface area contributed by atoms with Gasteiger partial charge in [0.2, 0.25) is 15.9 Å². The van der Waals surface area contributed by atoms with Crippen LogP contribution in [0.4, 0.5) is 0 Å². The normalized spacial score (nSPS) is 12.9. The smallest absolute Gasteiger partial charge is 0.241 e. The molecule has 0 unspecified atom stereocenters. The Labute approximate surface area is 110 Å². The van der Waals surface area contributed by atoms with E-state index in [-0.39, 0.29) is 4.90 Å². The van der Waals surface area contributed by atoms with Crippen LogP contribution in [0.1, 0.15) is 12.0 Å². The summed E-state index contributed by atoms with van der Waals surface area (Å²) in [4.78, 5) is 21.3. The molecule has 0 saturated carbocycles. The summed E-state index contributed by atoms with van der Waals surface area (Å²) < 4.78 is 25.6. The van der Waals surface area contributed by atoms with Gasteiger partial charge in [0.15, 0.2) is 0 Å². The quantitative estimate of drug-likeness (QED) is 0.641. The summed E-state index contributed by atoms with van der Waals surface area (Å²) in [5.41, 5.74) is 5.70. The number of aryl methyl sites for hydroxylation is 1. The summed E-state index contributed by atoms with van der Waals surface area (Å²) >= 11 is 0. The van der Waals surface area contributed by atoms with E-state index < -0.39 is 34.4 Å². The zero-order valence-electron chi connectivity index (χ0n) is 10.1. The molecule has 0 fully saturated rings. The molecule has 19 heavy (non-hydrogen) atoms. The molecule has 8 heteroatoms. The number of amides is 1. The summed E-state index contributed by atoms with van der Waals surface area (Å²) in [6, 6.07) is 4.10. The lowest BCUT2D eigenvalue weighted by atomic mass is 10.2. The second-order valence-corrected chi connectivity index (χ2v) is 5.69. The second-order valence-electron chi connectivity index (χ2n) is 3.98. The molecule has 1 rings (SSSR count). The Morgan fingerprint density at radius 3 is 2.26 bits per heavy atom. The van der Waals surface area contributed by atoms with Gasteiger partial charge in [0.25, 0.3) is 0 Å². The van der Waals surface area contributed by atoms with E-state index in [2.05, 4.69) is 0 Å². The highest BCUT2D eigenvalue weighted by Crippen LogP contribution is 2.11. The first-order valence-corrected chi connectivity index (χ1v) is 6.79. The summed E-state index contributed by atoms with van der Waals surface area (Å²) in [6.45, 7) is 1.78. The lowest BCUT2D eigenvalue weighted by Gasteiger charge is -2.18. The van der Waals surface area contributed by atoms with Crippen molar-refractivity contribution >= 4 is 21.9 Å². The van der Waals surface area contributed by atoms with Gasteiger partial charge in [-0.15, -0.1) is 0 Å². The number of primary amides is 1. The minimum absolute atomic E-state index is 0.103. The maximum atomic E-state index is 11.9. The van der Waals surface area contributed by atoms with Crippen molar-refractivity contribution in [3.05, 3.63) is 29.8 Å². The third-order valence-electron chi connectivity index (χ3n) is 2.32. The van der Waals surface area contributed by atoms with E-state index in [0.29, 0.717) is 0 Å². The molecule has 0 aliphatic carbocycles. The third kappa shape index (κ3) is 4.34. The molecule has 0 aliphatic rings. The van der Waals surface area contributed by atoms with Gasteiger partial charge in [0.1, 0.15) is 0 Å². The summed E-state index contributed by atoms with van der Waals surface area (Å²) in [7, 11) is -4.05. The number of hydrogen-bond acceptors (Lipinski definition) is 5. The molecule has 1 aromatic rings. The maximum Gasteiger partial charge on any atom is 0.241 e. The van der Waals surface area contributed by atoms with E-state index in [9.17, 15) is 23.1 Å². The highest BCUT2D eigenvalue weighted by Gasteiger charge is 2.22. The van der Waals surface area contributed by atoms with Gasteiger partial charge in [-0.05, 0) is 19.1 Å². The summed E-state index contributed by atoms with van der Waals surface area (Å²) in [5, 5.41) is 10.8. The number of carbonyl (C=O) groups is 2. The lowest BCUT2D eigenvalue weighted by Crippen LogP contribution is -2.49. The Bertz CT molecular complexity index is 580. The number of carboxylic acid groups (broad SMARTS) is 1. The molecule has 0 aromatic heterocycles. The van der Waals surface area contributed by atoms with Gasteiger partial charge in [-0.1, -0.05) is 17.7 Å². The van der Waals surface area contributed by atoms with Crippen molar-refractivity contribution < 1.29 is 23.1 Å². The van der Waals surface area contributed by atoms with Gasteiger partial charge in [-0.25, -0.2) is 13.1 Å². The number of carbonyl (C=O) groups excluding carboxylic acids is 2. The van der Waals surface area contributed by atoms with Crippen molar-refractivity contribution in [3.8, 4) is 0 Å². The van der Waals surface area contributed by atoms with E-state index in [1.165, 1.54) is 12.1 Å². The largest absolute Gasteiger partial charge is 0.548 e. The van der Waals surface area contributed by atoms with Gasteiger partial charge in [0, 0.05) is 6.42 Å². The standard InChI is InChI=1S/C11H14N2O5S/c1-7-2-4-8(5-3-7)19(17,18)13-9(11(15)16)6-10(12)14/h2-5,9,13H,6H2,1H3,(H2,12,14)(H,15,16)/p-1/t9-/m0/s1. The number of hydrogen-bond donors (Lipinski definition) is 2. The number of aliphatic carboxylic acids is 1. The van der Waals surface area contributed by atoms with Crippen LogP contribution < -0.4 is 15.6 Å². The summed E-state index contributed by atoms with van der Waals surface area (Å²) in [6.07, 6.45) is -0.673. The molecule has 0 saturated heterocycles. The number of sulfonamides is 1. The Balaban J connectivity index is 2.97. The zero-order chi connectivity index (χ0) is 14.6. The molecule has 0 spiro atoms. The predicted molar refractivity (Wildman–Crippen MR) is 64.1 cm³/mol. The van der Waals surface area contributed by atoms with Gasteiger partial charge in [0.05, 0.1) is 16.9 Å². The minimum Gasteiger partial charge on any atom is -0.548 e. The second kappa shape index (κ2) is 5.81. The Hall–Kier alpha value is -1.93. The molecule has 0 radical (unpaired) electrons. The highest BCUT2D eigenvalue weighted by molar-refractivity contribution is 7.89. The number of carboxylic acids is 1. The number of nitrogens with two attached hydrogens (primary N) is 1. The van der Waals surface area contributed by atoms with Gasteiger partial charge in [-0.2, -0.15) is 0 Å². The van der Waals surface area contributed by atoms with Crippen LogP contribution in [0.15, 0.2) is 29.2 Å². The molecular weight excluding hydrogens is 272 g/mol. The van der Waals surface area contributed by atoms with Crippen LogP contribution >= 0.6 is 0 Å². The summed E-state index contributed by atoms with van der Waals surface area (Å²) in [5.74, 6) is -2.66. The van der Waals surface area contributed by atoms with Crippen molar-refractivity contribution in [3.63, 3.8) is 0 Å². The van der Waals surface area contributed by atoms with Gasteiger partial charge < -0.3 is 15.6 Å². The topological polar surface area (TPSA) is 129 Å². The highest BCUT2D eigenvalue weighted by atomic mass is 32.2. The van der Waals surface area contributed by atoms with Gasteiger partial charge >= 0.3 is 0 Å². The fourth-order valence-corrected chi connectivity index (χ4v) is 2.53. The molecule has 1 amide bonds. The first-order chi connectivity index (χ1) is 8.72. The molecule has 0 bridgehead atoms. The van der Waals surface area contributed by atoms with Crippen LogP contribution in [-0.4, -0.2) is 26.3 Å². The average molecular weight is 285 g/mol. The molecule has 3 N–H and O–H groups in total. The predicted octanol–water partition coefficient (Wildman–Crippen LogP) is -1.73. The number of nitrogens with one attached hydrogen (secondary N) is 1. The Morgan fingerprint density at radius 2 is 1.84 bits per heavy atom. The van der Waals surface area contributed by atoms with Crippen LogP contribution in [0.2, 0.25) is 0 Å². The molecule has 1 aromatic carbocycles. The first-order valence-electron chi connectivity index (χ1n) is 5.30. The molecule has 0 heterocycles. The Morgan fingerprint density at radius 1 is 1.32 bits per heavy atom. The van der Waals surface area contributed by atoms with Crippen LogP contribution in [-0.2, 0) is 19.6 Å². The van der Waals surface area contributed by atoms with Crippen molar-refractivity contribution in [2.45, 2.75) is 24.3 Å². The zero-order valence-corrected chi connectivity index (χ0v) is 10.9. The SMILES string of the molecule is Cc1ccc(S(=O)(=O)N[C@@H](CC(N)=O)C(=O)[O-])cc1. The van der Waals surface area contributed by atoms with Crippen molar-refractivity contribution in [2.24, 2.45) is 5.73 Å². The number of benzene rings is 1.